The quantitative estimate of drug-likeness (QED) is 0.350. The summed E-state index contributed by atoms with van der Waals surface area (Å²) in [5.41, 5.74) is 6.69. The van der Waals surface area contributed by atoms with Gasteiger partial charge in [-0.15, -0.1) is 20.4 Å². The fourth-order valence-corrected chi connectivity index (χ4v) is 2.41. The second-order valence-corrected chi connectivity index (χ2v) is 5.78. The first-order valence-electron chi connectivity index (χ1n) is 5.70. The van der Waals surface area contributed by atoms with Gasteiger partial charge in [-0.25, -0.2) is 0 Å². The third kappa shape index (κ3) is 3.03. The summed E-state index contributed by atoms with van der Waals surface area (Å²) in [7, 11) is 0. The molecule has 4 N–H and O–H groups in total. The van der Waals surface area contributed by atoms with E-state index in [1.807, 2.05) is 0 Å². The first kappa shape index (κ1) is 15.1. The summed E-state index contributed by atoms with van der Waals surface area (Å²) in [6.45, 7) is 0. The molecule has 0 radical (unpaired) electrons. The van der Waals surface area contributed by atoms with E-state index in [2.05, 4.69) is 63.4 Å². The molecule has 0 spiro atoms. The summed E-state index contributed by atoms with van der Waals surface area (Å²) < 4.78 is 0.856. The molecule has 9 nitrogen and oxygen atoms in total. The van der Waals surface area contributed by atoms with Gasteiger partial charge >= 0.3 is 0 Å². The van der Waals surface area contributed by atoms with Crippen LogP contribution in [0.1, 0.15) is 0 Å². The SMILES string of the molecule is Clc1cc2c(I)n[nH]c2nn1.Nc1n[nH]c2nnc(Cl)cc12. The standard InChI is InChI=1S/C5H2ClIN4.C5H4ClN5/c2*6-3-1-2-4(7)9-11-5(2)10-8-3/h1H,(H,9,10,11);1H,(H3,7,9,10,11). The van der Waals surface area contributed by atoms with Crippen molar-refractivity contribution >= 4 is 73.7 Å². The fraction of sp³-hybridized carbons (Fsp3) is 0. The Kier molecular flexibility index (Phi) is 4.22. The van der Waals surface area contributed by atoms with Crippen LogP contribution in [0.15, 0.2) is 12.1 Å². The van der Waals surface area contributed by atoms with Gasteiger partial charge in [-0.3, -0.25) is 10.2 Å². The van der Waals surface area contributed by atoms with E-state index >= 15 is 0 Å². The van der Waals surface area contributed by atoms with Gasteiger partial charge in [0, 0.05) is 0 Å². The number of H-pyrrole nitrogens is 2. The molecule has 12 heteroatoms. The number of rotatable bonds is 0. The molecule has 0 fully saturated rings. The Morgan fingerprint density at radius 3 is 2.09 bits per heavy atom. The lowest BCUT2D eigenvalue weighted by Gasteiger charge is -1.87. The van der Waals surface area contributed by atoms with Crippen molar-refractivity contribution in [2.24, 2.45) is 0 Å². The number of anilines is 1. The average molecular weight is 450 g/mol. The van der Waals surface area contributed by atoms with Crippen LogP contribution in [0.25, 0.3) is 22.1 Å². The van der Waals surface area contributed by atoms with E-state index in [4.69, 9.17) is 28.9 Å². The van der Waals surface area contributed by atoms with Gasteiger partial charge in [0.25, 0.3) is 0 Å². The summed E-state index contributed by atoms with van der Waals surface area (Å²) in [5, 5.41) is 30.1. The predicted molar refractivity (Wildman–Crippen MR) is 90.5 cm³/mol. The molecule has 0 aliphatic heterocycles. The maximum absolute atomic E-state index is 5.63. The summed E-state index contributed by atoms with van der Waals surface area (Å²) >= 11 is 13.3. The number of nitrogen functional groups attached to an aromatic ring is 1. The minimum atomic E-state index is 0.311. The summed E-state index contributed by atoms with van der Waals surface area (Å²) in [6.07, 6.45) is 0. The summed E-state index contributed by atoms with van der Waals surface area (Å²) in [6, 6.07) is 3.35. The zero-order valence-corrected chi connectivity index (χ0v) is 14.2. The summed E-state index contributed by atoms with van der Waals surface area (Å²) in [4.78, 5) is 0. The smallest absolute Gasteiger partial charge is 0.180 e. The van der Waals surface area contributed by atoms with E-state index in [1.54, 1.807) is 12.1 Å². The Morgan fingerprint density at radius 2 is 1.41 bits per heavy atom. The van der Waals surface area contributed by atoms with Crippen molar-refractivity contribution in [2.45, 2.75) is 0 Å². The highest BCUT2D eigenvalue weighted by Crippen LogP contribution is 2.17. The molecule has 22 heavy (non-hydrogen) atoms. The van der Waals surface area contributed by atoms with Crippen molar-refractivity contribution in [2.75, 3.05) is 5.73 Å². The van der Waals surface area contributed by atoms with Crippen molar-refractivity contribution in [3.63, 3.8) is 0 Å². The molecule has 4 heterocycles. The molecule has 0 aliphatic carbocycles. The molecular weight excluding hydrogens is 444 g/mol. The van der Waals surface area contributed by atoms with Crippen molar-refractivity contribution < 1.29 is 0 Å². The van der Waals surface area contributed by atoms with Gasteiger partial charge in [-0.1, -0.05) is 23.2 Å². The van der Waals surface area contributed by atoms with Crippen LogP contribution in [-0.2, 0) is 0 Å². The van der Waals surface area contributed by atoms with Crippen LogP contribution in [0, 0.1) is 3.70 Å². The molecule has 0 aromatic carbocycles. The Bertz CT molecular complexity index is 872. The third-order valence-electron chi connectivity index (χ3n) is 2.57. The van der Waals surface area contributed by atoms with E-state index in [1.165, 1.54) is 0 Å². The van der Waals surface area contributed by atoms with Crippen molar-refractivity contribution in [3.05, 3.63) is 26.1 Å². The number of hydrogen-bond acceptors (Lipinski definition) is 7. The molecule has 0 atom stereocenters. The monoisotopic (exact) mass is 449 g/mol. The number of hydrogen-bond donors (Lipinski definition) is 3. The van der Waals surface area contributed by atoms with Crippen LogP contribution in [0.5, 0.6) is 0 Å². The molecular formula is C10H6Cl2IN9. The van der Waals surface area contributed by atoms with Gasteiger partial charge in [0.1, 0.15) is 3.70 Å². The number of nitrogens with zero attached hydrogens (tertiary/aromatic N) is 6. The lowest BCUT2D eigenvalue weighted by molar-refractivity contribution is 1.02. The molecule has 0 aliphatic rings. The number of nitrogens with one attached hydrogen (secondary N) is 2. The Labute approximate surface area is 146 Å². The van der Waals surface area contributed by atoms with Gasteiger partial charge in [0.15, 0.2) is 27.4 Å². The van der Waals surface area contributed by atoms with Crippen LogP contribution >= 0.6 is 45.8 Å². The minimum Gasteiger partial charge on any atom is -0.382 e. The van der Waals surface area contributed by atoms with Gasteiger partial charge in [-0.2, -0.15) is 10.2 Å². The van der Waals surface area contributed by atoms with Crippen molar-refractivity contribution in [1.82, 2.24) is 40.8 Å². The average Bonchev–Trinajstić information content (AvgIpc) is 3.04. The van der Waals surface area contributed by atoms with Crippen LogP contribution in [0.4, 0.5) is 5.82 Å². The molecule has 0 bridgehead atoms. The number of halogens is 3. The second kappa shape index (κ2) is 6.14. The zero-order valence-electron chi connectivity index (χ0n) is 10.5. The number of nitrogens with two attached hydrogens (primary N) is 1. The lowest BCUT2D eigenvalue weighted by atomic mass is 10.4. The number of aromatic amines is 2. The molecule has 4 aromatic rings. The summed E-state index contributed by atoms with van der Waals surface area (Å²) in [5.74, 6) is 0.386. The molecule has 0 unspecified atom stereocenters. The fourth-order valence-electron chi connectivity index (χ4n) is 1.59. The van der Waals surface area contributed by atoms with Crippen LogP contribution in [0.2, 0.25) is 10.3 Å². The van der Waals surface area contributed by atoms with E-state index < -0.39 is 0 Å². The highest BCUT2D eigenvalue weighted by Gasteiger charge is 2.04. The highest BCUT2D eigenvalue weighted by atomic mass is 127. The van der Waals surface area contributed by atoms with Gasteiger partial charge in [0.2, 0.25) is 0 Å². The van der Waals surface area contributed by atoms with Gasteiger partial charge in [0.05, 0.1) is 10.8 Å². The van der Waals surface area contributed by atoms with E-state index in [-0.39, 0.29) is 0 Å². The molecule has 0 saturated heterocycles. The largest absolute Gasteiger partial charge is 0.382 e. The lowest BCUT2D eigenvalue weighted by Crippen LogP contribution is -1.85. The van der Waals surface area contributed by atoms with E-state index in [0.29, 0.717) is 32.8 Å². The van der Waals surface area contributed by atoms with Gasteiger partial charge < -0.3 is 5.73 Å². The maximum Gasteiger partial charge on any atom is 0.180 e. The van der Waals surface area contributed by atoms with Crippen LogP contribution < -0.4 is 5.73 Å². The van der Waals surface area contributed by atoms with E-state index in [0.717, 1.165) is 9.09 Å². The molecule has 4 aromatic heterocycles. The van der Waals surface area contributed by atoms with Crippen molar-refractivity contribution in [3.8, 4) is 0 Å². The second-order valence-electron chi connectivity index (χ2n) is 3.98. The predicted octanol–water partition coefficient (Wildman–Crippen LogP) is 2.20. The highest BCUT2D eigenvalue weighted by molar-refractivity contribution is 14.1. The molecule has 112 valence electrons. The zero-order chi connectivity index (χ0) is 15.7. The number of aromatic nitrogens is 8. The van der Waals surface area contributed by atoms with E-state index in [9.17, 15) is 0 Å². The molecule has 0 saturated carbocycles. The Balaban J connectivity index is 0.000000131. The number of fused-ring (bicyclic) bond motifs is 2. The first-order valence-corrected chi connectivity index (χ1v) is 7.53. The first-order chi connectivity index (χ1) is 10.5. The normalized spacial score (nSPS) is 10.7. The maximum atomic E-state index is 5.63. The van der Waals surface area contributed by atoms with Crippen LogP contribution in [-0.4, -0.2) is 40.8 Å². The Morgan fingerprint density at radius 1 is 0.864 bits per heavy atom. The molecule has 0 amide bonds. The Hall–Kier alpha value is -1.79. The third-order valence-corrected chi connectivity index (χ3v) is 3.76. The van der Waals surface area contributed by atoms with Crippen LogP contribution in [0.3, 0.4) is 0 Å². The topological polar surface area (TPSA) is 135 Å². The van der Waals surface area contributed by atoms with Crippen molar-refractivity contribution in [1.29, 1.82) is 0 Å². The minimum absolute atomic E-state index is 0.311. The molecule has 4 rings (SSSR count). The van der Waals surface area contributed by atoms with Gasteiger partial charge in [-0.05, 0) is 34.7 Å².